The Morgan fingerprint density at radius 2 is 1.84 bits per heavy atom. The molecule has 0 spiro atoms. The second kappa shape index (κ2) is 12.5. The molecule has 1 aromatic heterocycles. The van der Waals surface area contributed by atoms with Crippen LogP contribution in [0, 0.1) is 17.8 Å². The number of allylic oxidation sites excluding steroid dienone is 1. The van der Waals surface area contributed by atoms with E-state index in [9.17, 15) is 19.5 Å². The zero-order valence-corrected chi connectivity index (χ0v) is 25.9. The van der Waals surface area contributed by atoms with Crippen LogP contribution in [0.1, 0.15) is 38.5 Å². The number of rotatable bonds is 6. The van der Waals surface area contributed by atoms with Crippen molar-refractivity contribution in [3.05, 3.63) is 66.7 Å². The number of hydrogen-bond donors (Lipinski definition) is 2. The number of hydrazine groups is 1. The number of carboxylic acid groups (broad SMARTS) is 1. The van der Waals surface area contributed by atoms with E-state index in [4.69, 9.17) is 14.5 Å². The third kappa shape index (κ3) is 6.11. The highest BCUT2D eigenvalue weighted by Crippen LogP contribution is 2.47. The number of carbonyl (C=O) groups is 3. The highest BCUT2D eigenvalue weighted by atomic mass is 16.5. The summed E-state index contributed by atoms with van der Waals surface area (Å²) in [5, 5.41) is 17.2. The van der Waals surface area contributed by atoms with Gasteiger partial charge in [-0.3, -0.25) is 14.6 Å². The van der Waals surface area contributed by atoms with Crippen LogP contribution in [0.2, 0.25) is 0 Å². The molecule has 2 aromatic carbocycles. The van der Waals surface area contributed by atoms with E-state index in [1.54, 1.807) is 17.1 Å². The van der Waals surface area contributed by atoms with Crippen molar-refractivity contribution >= 4 is 28.7 Å². The van der Waals surface area contributed by atoms with Crippen LogP contribution in [0.4, 0.5) is 0 Å². The minimum Gasteiger partial charge on any atom is -0.497 e. The number of amides is 2. The number of methoxy groups -OCH3 is 1. The molecule has 2 fully saturated rings. The summed E-state index contributed by atoms with van der Waals surface area (Å²) in [5.41, 5.74) is 1.02. The summed E-state index contributed by atoms with van der Waals surface area (Å²) in [5.74, 6) is -2.01. The minimum absolute atomic E-state index is 0.148. The number of pyridine rings is 1. The van der Waals surface area contributed by atoms with Crippen LogP contribution in [-0.4, -0.2) is 77.3 Å². The number of aliphatic carboxylic acids is 1. The monoisotopic (exact) mass is 612 g/mol. The third-order valence-corrected chi connectivity index (χ3v) is 9.35. The zero-order chi connectivity index (χ0) is 31.7. The van der Waals surface area contributed by atoms with Crippen molar-refractivity contribution in [2.45, 2.75) is 50.2 Å². The highest BCUT2D eigenvalue weighted by Gasteiger charge is 2.61. The minimum atomic E-state index is -1.34. The van der Waals surface area contributed by atoms with Gasteiger partial charge < -0.3 is 19.9 Å². The smallest absolute Gasteiger partial charge is 0.330 e. The van der Waals surface area contributed by atoms with Crippen LogP contribution in [0.5, 0.6) is 11.5 Å². The maximum absolute atomic E-state index is 14.1. The van der Waals surface area contributed by atoms with Gasteiger partial charge in [0, 0.05) is 49.6 Å². The van der Waals surface area contributed by atoms with Crippen LogP contribution in [0.25, 0.3) is 22.2 Å². The van der Waals surface area contributed by atoms with Gasteiger partial charge in [-0.2, -0.15) is 0 Å². The lowest BCUT2D eigenvalue weighted by atomic mass is 9.93. The van der Waals surface area contributed by atoms with Gasteiger partial charge in [-0.05, 0) is 50.7 Å². The van der Waals surface area contributed by atoms with E-state index in [0.717, 1.165) is 35.9 Å². The average molecular weight is 613 g/mol. The molecule has 2 saturated carbocycles. The fourth-order valence-corrected chi connectivity index (χ4v) is 6.75. The van der Waals surface area contributed by atoms with Gasteiger partial charge >= 0.3 is 5.97 Å². The van der Waals surface area contributed by atoms with Gasteiger partial charge in [0.05, 0.1) is 30.2 Å². The molecule has 3 aliphatic rings. The van der Waals surface area contributed by atoms with E-state index >= 15 is 0 Å². The van der Waals surface area contributed by atoms with Crippen LogP contribution >= 0.6 is 0 Å². The maximum Gasteiger partial charge on any atom is 0.330 e. The standard InChI is InChI=1S/C35H40N4O6/c1-38(2)39-16-10-5-4-9-13-23-21-35(23,34(42)43)37-32(40)27-17-25(18-28(27)33(39)41)45-31-20-29(22-11-7-6-8-12-22)36-30-19-24(44-3)14-15-26(30)31/h6-9,11-15,19-20,23,25,27-28H,4-5,10,16-18,21H2,1-3H3,(H,37,40)(H,42,43)/b13-9-/t23?,25-,27-,28-,35-/m1/s1. The normalized spacial score (nSPS) is 27.7. The molecular formula is C35H40N4O6. The van der Waals surface area contributed by atoms with Gasteiger partial charge in [0.15, 0.2) is 0 Å². The number of aromatic nitrogens is 1. The van der Waals surface area contributed by atoms with E-state index in [1.165, 1.54) is 0 Å². The van der Waals surface area contributed by atoms with Crippen molar-refractivity contribution in [1.82, 2.24) is 20.3 Å². The Kier molecular flexibility index (Phi) is 8.50. The van der Waals surface area contributed by atoms with E-state index in [2.05, 4.69) is 5.32 Å². The Balaban J connectivity index is 1.35. The number of hydrogen-bond acceptors (Lipinski definition) is 7. The van der Waals surface area contributed by atoms with Crippen LogP contribution < -0.4 is 14.8 Å². The second-order valence-corrected chi connectivity index (χ2v) is 12.5. The third-order valence-electron chi connectivity index (χ3n) is 9.35. The summed E-state index contributed by atoms with van der Waals surface area (Å²) in [6, 6.07) is 17.3. The first-order chi connectivity index (χ1) is 21.7. The van der Waals surface area contributed by atoms with Crippen molar-refractivity contribution in [2.75, 3.05) is 27.7 Å². The van der Waals surface area contributed by atoms with Gasteiger partial charge in [0.2, 0.25) is 11.8 Å². The van der Waals surface area contributed by atoms with Gasteiger partial charge in [0.1, 0.15) is 23.1 Å². The predicted octanol–water partition coefficient (Wildman–Crippen LogP) is 4.69. The Morgan fingerprint density at radius 1 is 1.07 bits per heavy atom. The number of carboxylic acids is 1. The molecule has 1 aliphatic heterocycles. The molecule has 236 valence electrons. The number of carbonyl (C=O) groups excluding carboxylic acids is 2. The van der Waals surface area contributed by atoms with Gasteiger partial charge in [0.25, 0.3) is 0 Å². The average Bonchev–Trinajstić information content (AvgIpc) is 3.57. The molecule has 45 heavy (non-hydrogen) atoms. The summed E-state index contributed by atoms with van der Waals surface area (Å²) in [4.78, 5) is 45.2. The molecule has 5 atom stereocenters. The molecule has 10 heteroatoms. The molecular weight excluding hydrogens is 572 g/mol. The molecule has 2 aliphatic carbocycles. The number of fused-ring (bicyclic) bond motifs is 3. The molecule has 2 amide bonds. The molecule has 1 unspecified atom stereocenters. The largest absolute Gasteiger partial charge is 0.497 e. The SMILES string of the molecule is COc1ccc2c(O[C@@H]3C[C@H]4C(=O)N[C@]5(C(=O)O)CC5/C=C\CCCCN(N(C)C)C(=O)[C@@H]4C3)cc(-c3ccccc3)nc2c1. The predicted molar refractivity (Wildman–Crippen MR) is 169 cm³/mol. The topological polar surface area (TPSA) is 121 Å². The van der Waals surface area contributed by atoms with Crippen molar-refractivity contribution in [3.8, 4) is 22.8 Å². The Labute approximate surface area is 263 Å². The number of nitrogens with zero attached hydrogens (tertiary/aromatic N) is 3. The van der Waals surface area contributed by atoms with E-state index < -0.39 is 35.4 Å². The Morgan fingerprint density at radius 3 is 2.58 bits per heavy atom. The number of ether oxygens (including phenoxy) is 2. The van der Waals surface area contributed by atoms with Crippen molar-refractivity contribution in [2.24, 2.45) is 17.8 Å². The Bertz CT molecular complexity index is 1630. The maximum atomic E-state index is 14.1. The molecule has 0 bridgehead atoms. The Hall–Kier alpha value is -4.44. The van der Waals surface area contributed by atoms with Gasteiger partial charge in [-0.1, -0.05) is 42.5 Å². The lowest BCUT2D eigenvalue weighted by Crippen LogP contribution is -2.51. The number of nitrogens with one attached hydrogen (secondary N) is 1. The molecule has 3 aromatic rings. The van der Waals surface area contributed by atoms with Gasteiger partial charge in [-0.25, -0.2) is 14.8 Å². The van der Waals surface area contributed by atoms with E-state index in [0.29, 0.717) is 36.4 Å². The second-order valence-electron chi connectivity index (χ2n) is 12.5. The summed E-state index contributed by atoms with van der Waals surface area (Å²) >= 11 is 0. The first-order valence-corrected chi connectivity index (χ1v) is 15.6. The van der Waals surface area contributed by atoms with Crippen molar-refractivity contribution in [3.63, 3.8) is 0 Å². The number of benzene rings is 2. The summed E-state index contributed by atoms with van der Waals surface area (Å²) in [6.07, 6.45) is 6.85. The molecule has 6 rings (SSSR count). The van der Waals surface area contributed by atoms with E-state index in [-0.39, 0.29) is 18.2 Å². The summed E-state index contributed by atoms with van der Waals surface area (Å²) in [7, 11) is 5.27. The molecule has 0 radical (unpaired) electrons. The van der Waals surface area contributed by atoms with Gasteiger partial charge in [-0.15, -0.1) is 0 Å². The van der Waals surface area contributed by atoms with Crippen molar-refractivity contribution in [1.29, 1.82) is 0 Å². The summed E-state index contributed by atoms with van der Waals surface area (Å²) < 4.78 is 12.1. The first-order valence-electron chi connectivity index (χ1n) is 15.6. The van der Waals surface area contributed by atoms with E-state index in [1.807, 2.05) is 80.8 Å². The molecule has 2 heterocycles. The fourth-order valence-electron chi connectivity index (χ4n) is 6.75. The lowest BCUT2D eigenvalue weighted by Gasteiger charge is -2.33. The van der Waals surface area contributed by atoms with Crippen LogP contribution in [0.15, 0.2) is 66.7 Å². The van der Waals surface area contributed by atoms with Crippen molar-refractivity contribution < 1.29 is 29.0 Å². The summed E-state index contributed by atoms with van der Waals surface area (Å²) in [6.45, 7) is 0.537. The lowest BCUT2D eigenvalue weighted by molar-refractivity contribution is -0.153. The zero-order valence-electron chi connectivity index (χ0n) is 25.9. The fraction of sp³-hybridized carbons (Fsp3) is 0.429. The molecule has 10 nitrogen and oxygen atoms in total. The molecule has 2 N–H and O–H groups in total. The molecule has 0 saturated heterocycles. The van der Waals surface area contributed by atoms with Crippen LogP contribution in [0.3, 0.4) is 0 Å². The van der Waals surface area contributed by atoms with Crippen LogP contribution in [-0.2, 0) is 14.4 Å². The quantitative estimate of drug-likeness (QED) is 0.385. The first kappa shape index (κ1) is 30.6. The highest BCUT2D eigenvalue weighted by molar-refractivity contribution is 5.94.